The fourth-order valence-corrected chi connectivity index (χ4v) is 1.93. The van der Waals surface area contributed by atoms with Crippen LogP contribution in [-0.2, 0) is 14.4 Å². The predicted octanol–water partition coefficient (Wildman–Crippen LogP) is -1.55. The number of likely N-dealkylation sites (tertiary alicyclic amines) is 1. The molecule has 0 aromatic rings. The molecule has 1 amide bonds. The molecule has 8 nitrogen and oxygen atoms in total. The van der Waals surface area contributed by atoms with Gasteiger partial charge in [0.2, 0.25) is 5.91 Å². The molecule has 0 aromatic carbocycles. The molecule has 8 heteroatoms. The number of carbonyl (C=O) groups excluding carboxylic acids is 1. The molecule has 0 saturated carbocycles. The first-order chi connectivity index (χ1) is 8.88. The van der Waals surface area contributed by atoms with Gasteiger partial charge in [-0.3, -0.25) is 14.5 Å². The highest BCUT2D eigenvalue weighted by atomic mass is 16.4. The van der Waals surface area contributed by atoms with Crippen molar-refractivity contribution >= 4 is 17.8 Å². The van der Waals surface area contributed by atoms with Crippen LogP contribution < -0.4 is 11.1 Å². The number of rotatable bonds is 6. The average molecular weight is 273 g/mol. The average Bonchev–Trinajstić information content (AvgIpc) is 2.30. The van der Waals surface area contributed by atoms with Gasteiger partial charge in [-0.2, -0.15) is 0 Å². The van der Waals surface area contributed by atoms with E-state index in [0.717, 1.165) is 12.8 Å². The molecule has 108 valence electrons. The van der Waals surface area contributed by atoms with Gasteiger partial charge in [0, 0.05) is 19.1 Å². The Balaban J connectivity index is 2.40. The first kappa shape index (κ1) is 15.4. The quantitative estimate of drug-likeness (QED) is 0.460. The highest BCUT2D eigenvalue weighted by Crippen LogP contribution is 2.07. The second-order valence-corrected chi connectivity index (χ2v) is 4.67. The zero-order chi connectivity index (χ0) is 14.4. The Morgan fingerprint density at radius 1 is 1.26 bits per heavy atom. The maximum atomic E-state index is 11.6. The van der Waals surface area contributed by atoms with Gasteiger partial charge in [-0.15, -0.1) is 0 Å². The van der Waals surface area contributed by atoms with E-state index in [0.29, 0.717) is 13.1 Å². The first-order valence-electron chi connectivity index (χ1n) is 6.10. The lowest BCUT2D eigenvalue weighted by Gasteiger charge is -2.29. The molecule has 1 saturated heterocycles. The summed E-state index contributed by atoms with van der Waals surface area (Å²) in [4.78, 5) is 34.8. The van der Waals surface area contributed by atoms with Gasteiger partial charge < -0.3 is 21.3 Å². The lowest BCUT2D eigenvalue weighted by Crippen LogP contribution is -2.49. The Labute approximate surface area is 110 Å². The van der Waals surface area contributed by atoms with E-state index in [9.17, 15) is 14.4 Å². The number of carboxylic acid groups (broad SMARTS) is 2. The third-order valence-electron chi connectivity index (χ3n) is 3.01. The van der Waals surface area contributed by atoms with Crippen LogP contribution in [0.5, 0.6) is 0 Å². The number of carboxylic acids is 2. The number of piperidine rings is 1. The van der Waals surface area contributed by atoms with Crippen molar-refractivity contribution in [2.45, 2.75) is 31.3 Å². The number of amides is 1. The summed E-state index contributed by atoms with van der Waals surface area (Å²) in [5.74, 6) is -3.10. The molecule has 0 aromatic heterocycles. The van der Waals surface area contributed by atoms with E-state index >= 15 is 0 Å². The number of carbonyl (C=O) groups is 3. The van der Waals surface area contributed by atoms with Crippen LogP contribution in [0.3, 0.4) is 0 Å². The Kier molecular flexibility index (Phi) is 5.71. The zero-order valence-corrected chi connectivity index (χ0v) is 10.5. The molecule has 1 rings (SSSR count). The van der Waals surface area contributed by atoms with Crippen molar-refractivity contribution in [1.82, 2.24) is 10.2 Å². The topological polar surface area (TPSA) is 133 Å². The Bertz CT molecular complexity index is 352. The lowest BCUT2D eigenvalue weighted by molar-refractivity contribution is -0.147. The fraction of sp³-hybridized carbons (Fsp3) is 0.727. The number of nitrogens with one attached hydrogen (secondary N) is 1. The molecular weight excluding hydrogens is 254 g/mol. The largest absolute Gasteiger partial charge is 0.481 e. The van der Waals surface area contributed by atoms with Crippen molar-refractivity contribution in [3.63, 3.8) is 0 Å². The molecule has 1 heterocycles. The third kappa shape index (κ3) is 5.66. The van der Waals surface area contributed by atoms with E-state index in [1.54, 1.807) is 0 Å². The van der Waals surface area contributed by atoms with E-state index in [1.165, 1.54) is 0 Å². The Hall–Kier alpha value is -1.67. The molecule has 1 atom stereocenters. The van der Waals surface area contributed by atoms with Crippen molar-refractivity contribution in [3.8, 4) is 0 Å². The second-order valence-electron chi connectivity index (χ2n) is 4.67. The lowest BCUT2D eigenvalue weighted by atomic mass is 10.1. The number of nitrogens with zero attached hydrogens (tertiary/aromatic N) is 1. The molecule has 1 fully saturated rings. The van der Waals surface area contributed by atoms with Crippen LogP contribution in [0, 0.1) is 0 Å². The molecule has 1 unspecified atom stereocenters. The Morgan fingerprint density at radius 2 is 1.84 bits per heavy atom. The summed E-state index contributed by atoms with van der Waals surface area (Å²) in [5, 5.41) is 19.6. The van der Waals surface area contributed by atoms with Gasteiger partial charge in [0.05, 0.1) is 13.0 Å². The van der Waals surface area contributed by atoms with Gasteiger partial charge in [0.25, 0.3) is 0 Å². The van der Waals surface area contributed by atoms with E-state index < -0.39 is 30.3 Å². The molecule has 0 bridgehead atoms. The van der Waals surface area contributed by atoms with Crippen LogP contribution in [0.2, 0.25) is 0 Å². The van der Waals surface area contributed by atoms with Crippen molar-refractivity contribution in [3.05, 3.63) is 0 Å². The van der Waals surface area contributed by atoms with Gasteiger partial charge >= 0.3 is 11.9 Å². The maximum Gasteiger partial charge on any atom is 0.326 e. The molecule has 0 radical (unpaired) electrons. The summed E-state index contributed by atoms with van der Waals surface area (Å²) in [6, 6.07) is -1.24. The summed E-state index contributed by atoms with van der Waals surface area (Å²) in [5.41, 5.74) is 5.73. The summed E-state index contributed by atoms with van der Waals surface area (Å²) < 4.78 is 0. The standard InChI is InChI=1S/C11H19N3O5/c12-7-1-3-14(4-2-7)6-9(15)13-8(11(18)19)5-10(16)17/h7-8H,1-6,12H2,(H,13,15)(H,16,17)(H,18,19). The summed E-state index contributed by atoms with van der Waals surface area (Å²) in [6.07, 6.45) is 0.960. The molecule has 19 heavy (non-hydrogen) atoms. The second kappa shape index (κ2) is 7.05. The van der Waals surface area contributed by atoms with Crippen LogP contribution >= 0.6 is 0 Å². The van der Waals surface area contributed by atoms with E-state index in [2.05, 4.69) is 5.32 Å². The number of aliphatic carboxylic acids is 2. The fourth-order valence-electron chi connectivity index (χ4n) is 1.93. The normalized spacial score (nSPS) is 18.8. The van der Waals surface area contributed by atoms with Crippen LogP contribution in [-0.4, -0.2) is 64.7 Å². The maximum absolute atomic E-state index is 11.6. The van der Waals surface area contributed by atoms with Gasteiger partial charge in [-0.25, -0.2) is 4.79 Å². The van der Waals surface area contributed by atoms with Crippen LogP contribution in [0.25, 0.3) is 0 Å². The van der Waals surface area contributed by atoms with Crippen molar-refractivity contribution in [1.29, 1.82) is 0 Å². The first-order valence-corrected chi connectivity index (χ1v) is 6.10. The van der Waals surface area contributed by atoms with Crippen LogP contribution in [0.4, 0.5) is 0 Å². The van der Waals surface area contributed by atoms with Gasteiger partial charge in [-0.1, -0.05) is 0 Å². The van der Waals surface area contributed by atoms with Crippen LogP contribution in [0.1, 0.15) is 19.3 Å². The molecular formula is C11H19N3O5. The van der Waals surface area contributed by atoms with Crippen LogP contribution in [0.15, 0.2) is 0 Å². The predicted molar refractivity (Wildman–Crippen MR) is 65.5 cm³/mol. The van der Waals surface area contributed by atoms with Gasteiger partial charge in [0.15, 0.2) is 0 Å². The smallest absolute Gasteiger partial charge is 0.326 e. The van der Waals surface area contributed by atoms with Crippen molar-refractivity contribution < 1.29 is 24.6 Å². The highest BCUT2D eigenvalue weighted by Gasteiger charge is 2.24. The summed E-state index contributed by atoms with van der Waals surface area (Å²) in [6.45, 7) is 1.44. The minimum absolute atomic E-state index is 0.0656. The number of hydrogen-bond acceptors (Lipinski definition) is 5. The van der Waals surface area contributed by atoms with E-state index in [4.69, 9.17) is 15.9 Å². The summed E-state index contributed by atoms with van der Waals surface area (Å²) >= 11 is 0. The minimum atomic E-state index is -1.39. The van der Waals surface area contributed by atoms with Crippen molar-refractivity contribution in [2.75, 3.05) is 19.6 Å². The Morgan fingerprint density at radius 3 is 2.32 bits per heavy atom. The van der Waals surface area contributed by atoms with Crippen molar-refractivity contribution in [2.24, 2.45) is 5.73 Å². The van der Waals surface area contributed by atoms with Gasteiger partial charge in [0.1, 0.15) is 6.04 Å². The van der Waals surface area contributed by atoms with E-state index in [1.807, 2.05) is 4.90 Å². The monoisotopic (exact) mass is 273 g/mol. The highest BCUT2D eigenvalue weighted by molar-refractivity contribution is 5.87. The summed E-state index contributed by atoms with van der Waals surface area (Å²) in [7, 11) is 0. The minimum Gasteiger partial charge on any atom is -0.481 e. The van der Waals surface area contributed by atoms with E-state index in [-0.39, 0.29) is 12.6 Å². The third-order valence-corrected chi connectivity index (χ3v) is 3.01. The molecule has 1 aliphatic heterocycles. The number of hydrogen-bond donors (Lipinski definition) is 4. The van der Waals surface area contributed by atoms with Gasteiger partial charge in [-0.05, 0) is 12.8 Å². The number of nitrogens with two attached hydrogens (primary N) is 1. The SMILES string of the molecule is NC1CCN(CC(=O)NC(CC(=O)O)C(=O)O)CC1. The molecule has 0 aliphatic carbocycles. The molecule has 0 spiro atoms. The molecule has 1 aliphatic rings. The molecule has 5 N–H and O–H groups in total. The zero-order valence-electron chi connectivity index (χ0n) is 10.5.